The van der Waals surface area contributed by atoms with Crippen LogP contribution in [0.2, 0.25) is 0 Å². The van der Waals surface area contributed by atoms with Gasteiger partial charge in [-0.15, -0.1) is 0 Å². The van der Waals surface area contributed by atoms with E-state index in [1.165, 1.54) is 4.31 Å². The van der Waals surface area contributed by atoms with Crippen LogP contribution in [0.5, 0.6) is 0 Å². The minimum absolute atomic E-state index is 0.0541. The zero-order chi connectivity index (χ0) is 16.4. The van der Waals surface area contributed by atoms with Crippen LogP contribution in [0.25, 0.3) is 0 Å². The molecule has 0 bridgehead atoms. The van der Waals surface area contributed by atoms with Gasteiger partial charge in [0.15, 0.2) is 0 Å². The Balaban J connectivity index is 1.75. The van der Waals surface area contributed by atoms with E-state index in [1.807, 2.05) is 23.8 Å². The standard InChI is InChI=1S/C15H22N2O4S2/c1-2-9-23(19,20)16-5-3-13-14(10-16)21-7-6-17(15(13)18)12-4-8-22-11-12/h4,8,11,13-14H,2-3,5-7,9-10H2,1H3/t13-,14+/m0/s1. The highest BCUT2D eigenvalue weighted by Crippen LogP contribution is 2.30. The molecule has 0 radical (unpaired) electrons. The van der Waals surface area contributed by atoms with Gasteiger partial charge in [-0.25, -0.2) is 8.42 Å². The third-order valence-electron chi connectivity index (χ3n) is 4.43. The van der Waals surface area contributed by atoms with Crippen molar-refractivity contribution in [3.8, 4) is 0 Å². The summed E-state index contributed by atoms with van der Waals surface area (Å²) >= 11 is 1.56. The molecule has 8 heteroatoms. The predicted octanol–water partition coefficient (Wildman–Crippen LogP) is 1.54. The number of anilines is 1. The minimum Gasteiger partial charge on any atom is -0.374 e. The lowest BCUT2D eigenvalue weighted by atomic mass is 9.93. The second kappa shape index (κ2) is 6.88. The smallest absolute Gasteiger partial charge is 0.232 e. The molecule has 0 N–H and O–H groups in total. The van der Waals surface area contributed by atoms with E-state index in [9.17, 15) is 13.2 Å². The first-order valence-corrected chi connectivity index (χ1v) is 10.5. The van der Waals surface area contributed by atoms with E-state index in [0.717, 1.165) is 5.69 Å². The van der Waals surface area contributed by atoms with E-state index < -0.39 is 10.0 Å². The van der Waals surface area contributed by atoms with E-state index in [2.05, 4.69) is 0 Å². The highest BCUT2D eigenvalue weighted by atomic mass is 32.2. The lowest BCUT2D eigenvalue weighted by molar-refractivity contribution is -0.127. The van der Waals surface area contributed by atoms with Gasteiger partial charge in [-0.3, -0.25) is 4.79 Å². The van der Waals surface area contributed by atoms with Crippen LogP contribution in [-0.4, -0.2) is 56.7 Å². The molecule has 1 amide bonds. The van der Waals surface area contributed by atoms with Gasteiger partial charge in [0.2, 0.25) is 15.9 Å². The number of piperidine rings is 1. The highest BCUT2D eigenvalue weighted by Gasteiger charge is 2.42. The molecular weight excluding hydrogens is 336 g/mol. The molecule has 0 saturated carbocycles. The molecule has 2 aliphatic rings. The number of carbonyl (C=O) groups is 1. The van der Waals surface area contributed by atoms with Crippen molar-refractivity contribution in [1.29, 1.82) is 0 Å². The van der Waals surface area contributed by atoms with Gasteiger partial charge >= 0.3 is 0 Å². The molecule has 128 valence electrons. The lowest BCUT2D eigenvalue weighted by Gasteiger charge is -2.36. The molecule has 2 atom stereocenters. The van der Waals surface area contributed by atoms with Gasteiger partial charge in [0.25, 0.3) is 0 Å². The summed E-state index contributed by atoms with van der Waals surface area (Å²) in [6.45, 7) is 3.50. The molecule has 1 aromatic heterocycles. The Morgan fingerprint density at radius 2 is 2.22 bits per heavy atom. The lowest BCUT2D eigenvalue weighted by Crippen LogP contribution is -2.51. The van der Waals surface area contributed by atoms with Crippen molar-refractivity contribution >= 4 is 33.0 Å². The molecule has 3 rings (SSSR count). The van der Waals surface area contributed by atoms with Crippen LogP contribution >= 0.6 is 11.3 Å². The number of ether oxygens (including phenoxy) is 1. The maximum atomic E-state index is 12.8. The highest BCUT2D eigenvalue weighted by molar-refractivity contribution is 7.89. The van der Waals surface area contributed by atoms with Crippen molar-refractivity contribution in [1.82, 2.24) is 4.31 Å². The van der Waals surface area contributed by atoms with E-state index in [4.69, 9.17) is 4.74 Å². The van der Waals surface area contributed by atoms with Crippen molar-refractivity contribution in [3.05, 3.63) is 16.8 Å². The Morgan fingerprint density at radius 3 is 2.91 bits per heavy atom. The van der Waals surface area contributed by atoms with Gasteiger partial charge in [0.05, 0.1) is 30.1 Å². The fourth-order valence-electron chi connectivity index (χ4n) is 3.25. The van der Waals surface area contributed by atoms with Crippen molar-refractivity contribution in [2.45, 2.75) is 25.9 Å². The first kappa shape index (κ1) is 16.9. The molecule has 3 heterocycles. The number of amides is 1. The molecule has 0 spiro atoms. The number of carbonyl (C=O) groups excluding carboxylic acids is 1. The van der Waals surface area contributed by atoms with Gasteiger partial charge in [0, 0.05) is 25.0 Å². The molecule has 6 nitrogen and oxygen atoms in total. The van der Waals surface area contributed by atoms with Gasteiger partial charge in [-0.1, -0.05) is 6.92 Å². The summed E-state index contributed by atoms with van der Waals surface area (Å²) < 4.78 is 31.8. The van der Waals surface area contributed by atoms with Gasteiger partial charge in [-0.2, -0.15) is 15.6 Å². The van der Waals surface area contributed by atoms with Crippen LogP contribution in [0.4, 0.5) is 5.69 Å². The minimum atomic E-state index is -3.24. The summed E-state index contributed by atoms with van der Waals surface area (Å²) in [7, 11) is -3.24. The number of rotatable bonds is 4. The van der Waals surface area contributed by atoms with Gasteiger partial charge in [0.1, 0.15) is 0 Å². The second-order valence-corrected chi connectivity index (χ2v) is 8.82. The fraction of sp³-hybridized carbons (Fsp3) is 0.667. The molecule has 2 saturated heterocycles. The maximum absolute atomic E-state index is 12.8. The van der Waals surface area contributed by atoms with Crippen LogP contribution in [0.1, 0.15) is 19.8 Å². The normalized spacial score (nSPS) is 26.8. The van der Waals surface area contributed by atoms with Crippen LogP contribution in [-0.2, 0) is 19.6 Å². The number of hydrogen-bond donors (Lipinski definition) is 0. The summed E-state index contributed by atoms with van der Waals surface area (Å²) in [6, 6.07) is 1.93. The monoisotopic (exact) mass is 358 g/mol. The fourth-order valence-corrected chi connectivity index (χ4v) is 5.43. The van der Waals surface area contributed by atoms with Gasteiger partial charge in [-0.05, 0) is 24.3 Å². The summed E-state index contributed by atoms with van der Waals surface area (Å²) in [5.41, 5.74) is 0.908. The quantitative estimate of drug-likeness (QED) is 0.819. The topological polar surface area (TPSA) is 66.9 Å². The molecule has 1 aromatic rings. The maximum Gasteiger partial charge on any atom is 0.232 e. The Hall–Kier alpha value is -0.960. The molecular formula is C15H22N2O4S2. The van der Waals surface area contributed by atoms with Crippen molar-refractivity contribution in [2.75, 3.05) is 36.9 Å². The Labute approximate surface area is 141 Å². The molecule has 2 fully saturated rings. The SMILES string of the molecule is CCCS(=O)(=O)N1CC[C@@H]2C(=O)N(c3ccsc3)CCO[C@@H]2C1. The third kappa shape index (κ3) is 3.45. The largest absolute Gasteiger partial charge is 0.374 e. The number of hydrogen-bond acceptors (Lipinski definition) is 5. The summed E-state index contributed by atoms with van der Waals surface area (Å²) in [5.74, 6) is -0.0526. The number of fused-ring (bicyclic) bond motifs is 1. The van der Waals surface area contributed by atoms with Crippen LogP contribution in [0.3, 0.4) is 0 Å². The molecule has 0 unspecified atom stereocenters. The average Bonchev–Trinajstić information content (AvgIpc) is 2.99. The van der Waals surface area contributed by atoms with Crippen LogP contribution in [0.15, 0.2) is 16.8 Å². The molecule has 2 aliphatic heterocycles. The second-order valence-electron chi connectivity index (χ2n) is 5.95. The first-order chi connectivity index (χ1) is 11.0. The zero-order valence-electron chi connectivity index (χ0n) is 13.2. The summed E-state index contributed by atoms with van der Waals surface area (Å²) in [4.78, 5) is 14.6. The molecule has 0 aromatic carbocycles. The number of thiophene rings is 1. The Morgan fingerprint density at radius 1 is 1.39 bits per heavy atom. The van der Waals surface area contributed by atoms with Crippen molar-refractivity contribution < 1.29 is 17.9 Å². The third-order valence-corrected chi connectivity index (χ3v) is 7.14. The Kier molecular flexibility index (Phi) is 5.05. The van der Waals surface area contributed by atoms with E-state index in [-0.39, 0.29) is 30.2 Å². The van der Waals surface area contributed by atoms with Gasteiger partial charge < -0.3 is 9.64 Å². The predicted molar refractivity (Wildman–Crippen MR) is 90.2 cm³/mol. The number of nitrogens with zero attached hydrogens (tertiary/aromatic N) is 2. The van der Waals surface area contributed by atoms with E-state index in [0.29, 0.717) is 32.5 Å². The van der Waals surface area contributed by atoms with Crippen molar-refractivity contribution in [2.24, 2.45) is 5.92 Å². The zero-order valence-corrected chi connectivity index (χ0v) is 14.8. The number of sulfonamides is 1. The van der Waals surface area contributed by atoms with Crippen LogP contribution in [0, 0.1) is 5.92 Å². The van der Waals surface area contributed by atoms with Crippen LogP contribution < -0.4 is 4.90 Å². The van der Waals surface area contributed by atoms with Crippen molar-refractivity contribution in [3.63, 3.8) is 0 Å². The Bertz CT molecular complexity index is 644. The average molecular weight is 358 g/mol. The summed E-state index contributed by atoms with van der Waals surface area (Å²) in [6.07, 6.45) is 0.776. The molecule has 0 aliphatic carbocycles. The first-order valence-electron chi connectivity index (χ1n) is 7.96. The summed E-state index contributed by atoms with van der Waals surface area (Å²) in [5, 5.41) is 3.91. The van der Waals surface area contributed by atoms with E-state index >= 15 is 0 Å². The van der Waals surface area contributed by atoms with E-state index in [1.54, 1.807) is 16.2 Å². The molecule has 23 heavy (non-hydrogen) atoms.